The molecule has 12 heteroatoms. The molecule has 4 heterocycles. The smallest absolute Gasteiger partial charge is 0.335 e. The minimum absolute atomic E-state index is 0.0310. The Morgan fingerprint density at radius 3 is 2.57 bits per heavy atom. The minimum atomic E-state index is -1.70. The van der Waals surface area contributed by atoms with Crippen LogP contribution in [0.4, 0.5) is 0 Å². The van der Waals surface area contributed by atoms with Gasteiger partial charge in [0.15, 0.2) is 5.78 Å². The Kier molecular flexibility index (Phi) is 9.26. The molecule has 8 aliphatic rings. The molecular weight excluding hydrogens is 744 g/mol. The lowest BCUT2D eigenvalue weighted by molar-refractivity contribution is -0.336. The summed E-state index contributed by atoms with van der Waals surface area (Å²) in [6.45, 7) is 4.42. The molecule has 12 atom stereocenters. The second-order valence-corrected chi connectivity index (χ2v) is 19.2. The number of fused-ring (bicyclic) bond motifs is 5. The molecule has 0 aromatic heterocycles. The fourth-order valence-corrected chi connectivity index (χ4v) is 14.2. The van der Waals surface area contributed by atoms with Gasteiger partial charge in [-0.2, -0.15) is 0 Å². The van der Waals surface area contributed by atoms with Crippen molar-refractivity contribution in [3.05, 3.63) is 57.7 Å². The first-order valence-corrected chi connectivity index (χ1v) is 21.5. The number of hydrogen-bond donors (Lipinski definition) is 6. The fraction of sp³-hybridized carbons (Fsp3) is 0.652. The van der Waals surface area contributed by atoms with Gasteiger partial charge in [-0.1, -0.05) is 25.0 Å². The number of carbonyl (C=O) groups excluding carboxylic acids is 1. The third-order valence-corrected chi connectivity index (χ3v) is 16.1. The van der Waals surface area contributed by atoms with Crippen molar-refractivity contribution in [3.8, 4) is 11.5 Å². The Morgan fingerprint density at radius 2 is 1.83 bits per heavy atom. The normalized spacial score (nSPS) is 39.7. The van der Waals surface area contributed by atoms with E-state index in [1.54, 1.807) is 13.0 Å². The van der Waals surface area contributed by atoms with Gasteiger partial charge in [-0.05, 0) is 147 Å². The van der Waals surface area contributed by atoms with E-state index in [1.165, 1.54) is 61.5 Å². The summed E-state index contributed by atoms with van der Waals surface area (Å²) in [6, 6.07) is 4.18. The van der Waals surface area contributed by atoms with Gasteiger partial charge in [-0.3, -0.25) is 4.79 Å². The van der Waals surface area contributed by atoms with Crippen molar-refractivity contribution in [2.75, 3.05) is 19.8 Å². The van der Waals surface area contributed by atoms with Crippen LogP contribution in [-0.4, -0.2) is 105 Å². The maximum atomic E-state index is 12.6. The largest absolute Gasteiger partial charge is 0.506 e. The first kappa shape index (κ1) is 38.8. The van der Waals surface area contributed by atoms with Crippen molar-refractivity contribution in [1.29, 1.82) is 0 Å². The van der Waals surface area contributed by atoms with Gasteiger partial charge >= 0.3 is 5.97 Å². The van der Waals surface area contributed by atoms with E-state index < -0.39 is 59.9 Å². The Bertz CT molecular complexity index is 2120. The Balaban J connectivity index is 1.07. The number of aromatic carboxylic acids is 1. The molecule has 0 unspecified atom stereocenters. The number of carboxylic acids is 1. The first-order chi connectivity index (χ1) is 27.8. The van der Waals surface area contributed by atoms with Crippen LogP contribution in [0.15, 0.2) is 41.0 Å². The number of carboxylic acid groups (broad SMARTS) is 1. The average molecular weight is 801 g/mol. The lowest BCUT2D eigenvalue weighted by Gasteiger charge is -2.64. The van der Waals surface area contributed by atoms with Gasteiger partial charge in [-0.15, -0.1) is 0 Å². The molecule has 4 aliphatic heterocycles. The second kappa shape index (κ2) is 13.8. The van der Waals surface area contributed by atoms with E-state index >= 15 is 0 Å². The predicted molar refractivity (Wildman–Crippen MR) is 209 cm³/mol. The summed E-state index contributed by atoms with van der Waals surface area (Å²) in [5.74, 6) is -1.31. The highest BCUT2D eigenvalue weighted by Crippen LogP contribution is 2.71. The molecule has 3 saturated carbocycles. The molecule has 2 aromatic rings. The van der Waals surface area contributed by atoms with Crippen molar-refractivity contribution < 1.29 is 59.2 Å². The van der Waals surface area contributed by atoms with Crippen LogP contribution in [0.5, 0.6) is 11.5 Å². The van der Waals surface area contributed by atoms with Crippen LogP contribution >= 0.6 is 0 Å². The van der Waals surface area contributed by atoms with Crippen LogP contribution in [0.1, 0.15) is 110 Å². The lowest BCUT2D eigenvalue weighted by atomic mass is 9.42. The van der Waals surface area contributed by atoms with Crippen LogP contribution in [-0.2, 0) is 14.2 Å². The molecule has 312 valence electrons. The zero-order valence-corrected chi connectivity index (χ0v) is 33.3. The number of benzene rings is 2. The number of phenolic OH excluding ortho intramolecular Hbond substituents is 1. The maximum Gasteiger partial charge on any atom is 0.335 e. The van der Waals surface area contributed by atoms with E-state index in [9.17, 15) is 40.2 Å². The molecule has 10 rings (SSSR count). The van der Waals surface area contributed by atoms with Crippen molar-refractivity contribution in [2.45, 2.75) is 133 Å². The standard InChI is InChI=1S/C46H56O12/c1-22-14-24-15-25(42(53)54)16-33(35(24)38(50)34(22)23(2)48)56-43-39(51)40(52)46-19-28-29-18-44(10-3-4-11-44)17-26-20-55-21-45(37(26)29,12-5-13-47)30-7-6-27(36(28)30)32(58-46)9-8-31(49)41(46)57-43/h7,14-16,26,28-29,31-32,37,39-41,43,47,49-52H,3-6,8-13,17-21H2,1-2H3,(H,53,54)/t26-,28-,29-,31+,32-,37+,39-,40-,41-,43+,45+,46+/m1/s1. The molecule has 12 nitrogen and oxygen atoms in total. The van der Waals surface area contributed by atoms with Gasteiger partial charge in [0.05, 0.1) is 35.3 Å². The molecule has 6 N–H and O–H groups in total. The van der Waals surface area contributed by atoms with Crippen molar-refractivity contribution >= 4 is 22.5 Å². The highest BCUT2D eigenvalue weighted by Gasteiger charge is 2.69. The number of ether oxygens (including phenoxy) is 4. The number of hydrogen-bond acceptors (Lipinski definition) is 11. The van der Waals surface area contributed by atoms with Crippen LogP contribution in [0.2, 0.25) is 0 Å². The van der Waals surface area contributed by atoms with Crippen molar-refractivity contribution in [3.63, 3.8) is 0 Å². The number of rotatable bonds is 7. The molecule has 0 amide bonds. The molecule has 6 fully saturated rings. The van der Waals surface area contributed by atoms with Gasteiger partial charge in [0.1, 0.15) is 35.4 Å². The van der Waals surface area contributed by atoms with Gasteiger partial charge in [0.25, 0.3) is 0 Å². The van der Waals surface area contributed by atoms with E-state index in [1.807, 2.05) is 0 Å². The van der Waals surface area contributed by atoms with Gasteiger partial charge in [0.2, 0.25) is 6.29 Å². The second-order valence-electron chi connectivity index (χ2n) is 19.2. The number of aromatic hydroxyl groups is 1. The fourth-order valence-electron chi connectivity index (χ4n) is 14.2. The number of Topliss-reactive ketones (excluding diaryl/α,β-unsaturated/α-hetero) is 1. The monoisotopic (exact) mass is 800 g/mol. The molecule has 0 radical (unpaired) electrons. The SMILES string of the molecule is CC(=O)c1c(C)cc2cc(C(=O)O)cc(O[C@H]3O[C@@H]4[C@@H](O)CC[C@H]5O[C@@]4(C[C@H]4C6=C5CC=C6[C@]5(CCCO)COC[C@H]6CC7(CCCC7)C[C@H]4[C@H]65)[C@H](O)[C@H]3O)c2c1O. The Hall–Kier alpha value is -3.36. The van der Waals surface area contributed by atoms with E-state index in [0.29, 0.717) is 68.1 Å². The van der Waals surface area contributed by atoms with E-state index in [2.05, 4.69) is 6.08 Å². The molecule has 3 saturated heterocycles. The summed E-state index contributed by atoms with van der Waals surface area (Å²) in [7, 11) is 0. The molecule has 4 aliphatic carbocycles. The summed E-state index contributed by atoms with van der Waals surface area (Å²) in [5.41, 5.74) is 2.63. The van der Waals surface area contributed by atoms with Gasteiger partial charge < -0.3 is 49.6 Å². The summed E-state index contributed by atoms with van der Waals surface area (Å²) in [4.78, 5) is 24.9. The van der Waals surface area contributed by atoms with Crippen LogP contribution < -0.4 is 4.74 Å². The zero-order chi connectivity index (χ0) is 40.5. The van der Waals surface area contributed by atoms with E-state index in [4.69, 9.17) is 18.9 Å². The Morgan fingerprint density at radius 1 is 1.03 bits per heavy atom. The van der Waals surface area contributed by atoms with Crippen molar-refractivity contribution in [1.82, 2.24) is 0 Å². The Labute approximate surface area is 337 Å². The summed E-state index contributed by atoms with van der Waals surface area (Å²) in [6.07, 6.45) is 5.19. The number of aliphatic hydroxyl groups excluding tert-OH is 4. The number of aryl methyl sites for hydroxylation is 1. The number of aliphatic hydroxyl groups is 4. The van der Waals surface area contributed by atoms with Crippen LogP contribution in [0.25, 0.3) is 10.8 Å². The zero-order valence-electron chi connectivity index (χ0n) is 33.3. The number of phenols is 1. The summed E-state index contributed by atoms with van der Waals surface area (Å²) in [5, 5.41) is 68.8. The summed E-state index contributed by atoms with van der Waals surface area (Å²) < 4.78 is 26.7. The number of carbonyl (C=O) groups is 2. The topological polar surface area (TPSA) is 192 Å². The van der Waals surface area contributed by atoms with E-state index in [-0.39, 0.29) is 51.5 Å². The van der Waals surface area contributed by atoms with Gasteiger partial charge in [-0.25, -0.2) is 4.79 Å². The molecular formula is C46H56O12. The highest BCUT2D eigenvalue weighted by molar-refractivity contribution is 6.08. The quantitative estimate of drug-likeness (QED) is 0.193. The number of allylic oxidation sites excluding steroid dienone is 2. The third kappa shape index (κ3) is 5.51. The molecule has 2 spiro atoms. The van der Waals surface area contributed by atoms with Crippen molar-refractivity contribution in [2.24, 2.45) is 34.5 Å². The first-order valence-electron chi connectivity index (χ1n) is 21.5. The number of ketones is 1. The minimum Gasteiger partial charge on any atom is -0.506 e. The average Bonchev–Trinajstić information content (AvgIpc) is 3.77. The summed E-state index contributed by atoms with van der Waals surface area (Å²) >= 11 is 0. The molecule has 58 heavy (non-hydrogen) atoms. The van der Waals surface area contributed by atoms with Crippen LogP contribution in [0.3, 0.4) is 0 Å². The highest BCUT2D eigenvalue weighted by atomic mass is 16.7. The van der Waals surface area contributed by atoms with Gasteiger partial charge in [0, 0.05) is 18.6 Å². The third-order valence-electron chi connectivity index (χ3n) is 16.1. The predicted octanol–water partition coefficient (Wildman–Crippen LogP) is 5.51. The molecule has 2 bridgehead atoms. The van der Waals surface area contributed by atoms with E-state index in [0.717, 1.165) is 19.3 Å². The maximum absolute atomic E-state index is 12.6. The van der Waals surface area contributed by atoms with Crippen LogP contribution in [0, 0.1) is 41.4 Å². The lowest BCUT2D eigenvalue weighted by Crippen LogP contribution is -2.71. The molecule has 2 aromatic carbocycles.